The first kappa shape index (κ1) is 12.6. The molecule has 0 bridgehead atoms. The van der Waals surface area contributed by atoms with Crippen molar-refractivity contribution >= 4 is 0 Å². The van der Waals surface area contributed by atoms with Crippen molar-refractivity contribution in [1.82, 2.24) is 4.90 Å². The number of methoxy groups -OCH3 is 1. The molecule has 0 aromatic heterocycles. The minimum absolute atomic E-state index is 0.312. The predicted molar refractivity (Wildman–Crippen MR) is 70.9 cm³/mol. The molecule has 0 amide bonds. The van der Waals surface area contributed by atoms with Crippen LogP contribution in [0, 0.1) is 5.92 Å². The second-order valence-corrected chi connectivity index (χ2v) is 5.24. The maximum Gasteiger partial charge on any atom is 0.0670 e. The Hall–Kier alpha value is -0.860. The molecule has 0 aliphatic heterocycles. The lowest BCUT2D eigenvalue weighted by Gasteiger charge is -2.25. The van der Waals surface area contributed by atoms with E-state index in [0.29, 0.717) is 6.10 Å². The molecular formula is C15H23NO. The molecule has 0 saturated heterocycles. The first-order valence-corrected chi connectivity index (χ1v) is 6.51. The van der Waals surface area contributed by atoms with Gasteiger partial charge in [-0.25, -0.2) is 0 Å². The van der Waals surface area contributed by atoms with Crippen molar-refractivity contribution in [1.29, 1.82) is 0 Å². The molecular weight excluding hydrogens is 210 g/mol. The van der Waals surface area contributed by atoms with Gasteiger partial charge in [-0.2, -0.15) is 0 Å². The van der Waals surface area contributed by atoms with Crippen molar-refractivity contribution < 1.29 is 4.74 Å². The average Bonchev–Trinajstić information content (AvgIpc) is 3.07. The molecule has 17 heavy (non-hydrogen) atoms. The van der Waals surface area contributed by atoms with E-state index in [9.17, 15) is 0 Å². The van der Waals surface area contributed by atoms with Gasteiger partial charge in [0.25, 0.3) is 0 Å². The second-order valence-electron chi connectivity index (χ2n) is 5.24. The van der Waals surface area contributed by atoms with Crippen LogP contribution in [0.5, 0.6) is 0 Å². The lowest BCUT2D eigenvalue weighted by molar-refractivity contribution is 0.0695. The number of hydrogen-bond acceptors (Lipinski definition) is 2. The number of ether oxygens (including phenoxy) is 1. The van der Waals surface area contributed by atoms with Crippen LogP contribution < -0.4 is 0 Å². The Morgan fingerprint density at radius 3 is 2.53 bits per heavy atom. The van der Waals surface area contributed by atoms with Gasteiger partial charge in [0.05, 0.1) is 6.10 Å². The van der Waals surface area contributed by atoms with Gasteiger partial charge in [0.2, 0.25) is 0 Å². The van der Waals surface area contributed by atoms with Gasteiger partial charge < -0.3 is 4.74 Å². The maximum absolute atomic E-state index is 5.39. The van der Waals surface area contributed by atoms with E-state index in [2.05, 4.69) is 49.1 Å². The Bertz CT molecular complexity index is 338. The van der Waals surface area contributed by atoms with Crippen LogP contribution in [0.1, 0.15) is 25.8 Å². The Labute approximate surface area is 105 Å². The fraction of sp³-hybridized carbons (Fsp3) is 0.600. The third-order valence-corrected chi connectivity index (χ3v) is 3.66. The van der Waals surface area contributed by atoms with Crippen molar-refractivity contribution in [2.45, 2.75) is 39.0 Å². The molecule has 2 heteroatoms. The molecule has 2 rings (SSSR count). The van der Waals surface area contributed by atoms with Crippen molar-refractivity contribution in [2.24, 2.45) is 5.92 Å². The molecule has 1 aromatic rings. The average molecular weight is 233 g/mol. The van der Waals surface area contributed by atoms with Crippen molar-refractivity contribution in [3.8, 4) is 0 Å². The van der Waals surface area contributed by atoms with E-state index in [1.165, 1.54) is 12.0 Å². The van der Waals surface area contributed by atoms with E-state index >= 15 is 0 Å². The standard InChI is InChI=1S/C15H23NO/c1-12-9-15(12)16(10-13(2)17-3)11-14-7-5-4-6-8-14/h4-8,12-13,15H,9-11H2,1-3H3. The molecule has 94 valence electrons. The van der Waals surface area contributed by atoms with Gasteiger partial charge in [0.15, 0.2) is 0 Å². The second kappa shape index (κ2) is 5.65. The summed E-state index contributed by atoms with van der Waals surface area (Å²) in [5.74, 6) is 0.850. The van der Waals surface area contributed by atoms with Gasteiger partial charge in [-0.05, 0) is 24.8 Å². The SMILES string of the molecule is COC(C)CN(Cc1ccccc1)C1CC1C. The Morgan fingerprint density at radius 1 is 1.35 bits per heavy atom. The summed E-state index contributed by atoms with van der Waals surface area (Å²) in [6.45, 7) is 6.55. The fourth-order valence-electron chi connectivity index (χ4n) is 2.35. The van der Waals surface area contributed by atoms with E-state index in [1.807, 2.05) is 0 Å². The summed E-state index contributed by atoms with van der Waals surface area (Å²) in [5.41, 5.74) is 1.40. The monoisotopic (exact) mass is 233 g/mol. The first-order valence-electron chi connectivity index (χ1n) is 6.51. The van der Waals surface area contributed by atoms with E-state index in [1.54, 1.807) is 7.11 Å². The van der Waals surface area contributed by atoms with Crippen molar-refractivity contribution in [3.63, 3.8) is 0 Å². The molecule has 3 unspecified atom stereocenters. The highest BCUT2D eigenvalue weighted by atomic mass is 16.5. The summed E-state index contributed by atoms with van der Waals surface area (Å²) in [5, 5.41) is 0. The third kappa shape index (κ3) is 3.55. The molecule has 1 fully saturated rings. The van der Waals surface area contributed by atoms with Gasteiger partial charge in [-0.15, -0.1) is 0 Å². The number of rotatable bonds is 6. The van der Waals surface area contributed by atoms with Crippen LogP contribution in [0.25, 0.3) is 0 Å². The largest absolute Gasteiger partial charge is 0.380 e. The van der Waals surface area contributed by atoms with Crippen LogP contribution in [-0.2, 0) is 11.3 Å². The van der Waals surface area contributed by atoms with E-state index in [0.717, 1.165) is 25.0 Å². The zero-order valence-electron chi connectivity index (χ0n) is 11.1. The summed E-state index contributed by atoms with van der Waals surface area (Å²) in [6, 6.07) is 11.5. The molecule has 0 spiro atoms. The molecule has 3 atom stereocenters. The van der Waals surface area contributed by atoms with Crippen LogP contribution in [-0.4, -0.2) is 30.7 Å². The lowest BCUT2D eigenvalue weighted by Crippen LogP contribution is -2.34. The zero-order valence-corrected chi connectivity index (χ0v) is 11.1. The fourth-order valence-corrected chi connectivity index (χ4v) is 2.35. The molecule has 1 aromatic carbocycles. The summed E-state index contributed by atoms with van der Waals surface area (Å²) >= 11 is 0. The maximum atomic E-state index is 5.39. The molecule has 1 aliphatic carbocycles. The minimum atomic E-state index is 0.312. The summed E-state index contributed by atoms with van der Waals surface area (Å²) in [7, 11) is 1.79. The van der Waals surface area contributed by atoms with Gasteiger partial charge in [0.1, 0.15) is 0 Å². The minimum Gasteiger partial charge on any atom is -0.380 e. The summed E-state index contributed by atoms with van der Waals surface area (Å²) in [6.07, 6.45) is 1.65. The molecule has 1 saturated carbocycles. The van der Waals surface area contributed by atoms with E-state index in [4.69, 9.17) is 4.74 Å². The highest BCUT2D eigenvalue weighted by molar-refractivity contribution is 5.15. The first-order chi connectivity index (χ1) is 8.20. The normalized spacial score (nSPS) is 24.9. The summed E-state index contributed by atoms with van der Waals surface area (Å²) < 4.78 is 5.39. The lowest BCUT2D eigenvalue weighted by atomic mass is 10.2. The Balaban J connectivity index is 1.96. The van der Waals surface area contributed by atoms with E-state index in [-0.39, 0.29) is 0 Å². The van der Waals surface area contributed by atoms with Gasteiger partial charge >= 0.3 is 0 Å². The highest BCUT2D eigenvalue weighted by Gasteiger charge is 2.38. The van der Waals surface area contributed by atoms with Gasteiger partial charge in [-0.1, -0.05) is 37.3 Å². The van der Waals surface area contributed by atoms with E-state index < -0.39 is 0 Å². The topological polar surface area (TPSA) is 12.5 Å². The van der Waals surface area contributed by atoms with Crippen LogP contribution in [0.4, 0.5) is 0 Å². The quantitative estimate of drug-likeness (QED) is 0.749. The number of hydrogen-bond donors (Lipinski definition) is 0. The number of benzene rings is 1. The molecule has 0 N–H and O–H groups in total. The van der Waals surface area contributed by atoms with Crippen LogP contribution in [0.15, 0.2) is 30.3 Å². The molecule has 0 heterocycles. The van der Waals surface area contributed by atoms with Crippen molar-refractivity contribution in [3.05, 3.63) is 35.9 Å². The van der Waals surface area contributed by atoms with Crippen LogP contribution in [0.3, 0.4) is 0 Å². The van der Waals surface area contributed by atoms with Crippen molar-refractivity contribution in [2.75, 3.05) is 13.7 Å². The smallest absolute Gasteiger partial charge is 0.0670 e. The highest BCUT2D eigenvalue weighted by Crippen LogP contribution is 2.36. The van der Waals surface area contributed by atoms with Gasteiger partial charge in [-0.3, -0.25) is 4.90 Å². The zero-order chi connectivity index (χ0) is 12.3. The van der Waals surface area contributed by atoms with Crippen LogP contribution >= 0.6 is 0 Å². The van der Waals surface area contributed by atoms with Gasteiger partial charge in [0, 0.05) is 26.2 Å². The molecule has 1 aliphatic rings. The molecule has 0 radical (unpaired) electrons. The summed E-state index contributed by atoms with van der Waals surface area (Å²) in [4.78, 5) is 2.56. The molecule has 2 nitrogen and oxygen atoms in total. The van der Waals surface area contributed by atoms with Crippen LogP contribution in [0.2, 0.25) is 0 Å². The Kier molecular flexibility index (Phi) is 4.19. The number of nitrogens with zero attached hydrogens (tertiary/aromatic N) is 1. The third-order valence-electron chi connectivity index (χ3n) is 3.66. The Morgan fingerprint density at radius 2 is 2.00 bits per heavy atom. The predicted octanol–water partition coefficient (Wildman–Crippen LogP) is 2.93.